The number of amides is 1. The Morgan fingerprint density at radius 1 is 1.17 bits per heavy atom. The van der Waals surface area contributed by atoms with Crippen LogP contribution in [0.4, 0.5) is 11.4 Å². The fourth-order valence-electron chi connectivity index (χ4n) is 3.35. The van der Waals surface area contributed by atoms with E-state index in [0.717, 1.165) is 17.8 Å². The van der Waals surface area contributed by atoms with Gasteiger partial charge >= 0.3 is 0 Å². The van der Waals surface area contributed by atoms with Crippen molar-refractivity contribution in [3.05, 3.63) is 59.7 Å². The van der Waals surface area contributed by atoms with Crippen LogP contribution in [0.15, 0.2) is 48.5 Å². The van der Waals surface area contributed by atoms with Crippen LogP contribution in [0.3, 0.4) is 0 Å². The van der Waals surface area contributed by atoms with Gasteiger partial charge in [-0.1, -0.05) is 42.8 Å². The third-order valence-electron chi connectivity index (χ3n) is 4.55. The predicted octanol–water partition coefficient (Wildman–Crippen LogP) is 4.68. The molecule has 1 aliphatic heterocycles. The van der Waals surface area contributed by atoms with Crippen molar-refractivity contribution in [3.8, 4) is 0 Å². The molecule has 3 rings (SSSR count). The van der Waals surface area contributed by atoms with Gasteiger partial charge in [-0.2, -0.15) is 0 Å². The Morgan fingerprint density at radius 2 is 1.87 bits per heavy atom. The van der Waals surface area contributed by atoms with Crippen molar-refractivity contribution in [1.82, 2.24) is 0 Å². The molecule has 2 aromatic rings. The Labute approximate surface area is 138 Å². The van der Waals surface area contributed by atoms with Crippen LogP contribution in [-0.4, -0.2) is 11.9 Å². The van der Waals surface area contributed by atoms with E-state index in [0.29, 0.717) is 6.42 Å². The monoisotopic (exact) mass is 308 g/mol. The van der Waals surface area contributed by atoms with Crippen LogP contribution in [0, 0.1) is 6.92 Å². The highest BCUT2D eigenvalue weighted by Crippen LogP contribution is 2.39. The van der Waals surface area contributed by atoms with Gasteiger partial charge in [0, 0.05) is 23.8 Å². The van der Waals surface area contributed by atoms with Crippen molar-refractivity contribution in [2.24, 2.45) is 0 Å². The lowest BCUT2D eigenvalue weighted by molar-refractivity contribution is -0.118. The van der Waals surface area contributed by atoms with Crippen LogP contribution in [0.5, 0.6) is 0 Å². The summed E-state index contributed by atoms with van der Waals surface area (Å²) in [4.78, 5) is 14.3. The topological polar surface area (TPSA) is 32.3 Å². The van der Waals surface area contributed by atoms with Crippen molar-refractivity contribution in [1.29, 1.82) is 0 Å². The number of fused-ring (bicyclic) bond motifs is 1. The van der Waals surface area contributed by atoms with E-state index in [4.69, 9.17) is 0 Å². The third-order valence-corrected chi connectivity index (χ3v) is 4.55. The zero-order valence-corrected chi connectivity index (χ0v) is 14.0. The maximum absolute atomic E-state index is 12.3. The molecule has 0 aliphatic carbocycles. The average Bonchev–Trinajstić information content (AvgIpc) is 2.56. The van der Waals surface area contributed by atoms with E-state index in [9.17, 15) is 4.79 Å². The fourth-order valence-corrected chi connectivity index (χ4v) is 3.35. The first-order valence-corrected chi connectivity index (χ1v) is 8.34. The largest absolute Gasteiger partial charge is 0.378 e. The van der Waals surface area contributed by atoms with E-state index in [1.165, 1.54) is 11.1 Å². The van der Waals surface area contributed by atoms with Crippen molar-refractivity contribution >= 4 is 17.3 Å². The molecule has 2 atom stereocenters. The smallest absolute Gasteiger partial charge is 0.226 e. The van der Waals surface area contributed by atoms with Crippen molar-refractivity contribution < 1.29 is 4.79 Å². The van der Waals surface area contributed by atoms with Gasteiger partial charge in [-0.3, -0.25) is 4.79 Å². The highest BCUT2D eigenvalue weighted by atomic mass is 16.2. The Kier molecular flexibility index (Phi) is 4.37. The lowest BCUT2D eigenvalue weighted by Crippen LogP contribution is -2.44. The van der Waals surface area contributed by atoms with Gasteiger partial charge in [0.05, 0.1) is 6.04 Å². The standard InChI is InChI=1S/C20H24N2O/c1-4-20(23)22-15(3)13-18(17-7-5-6-8-19(17)22)21-16-11-9-14(2)10-12-16/h5-12,15,18,21H,4,13H2,1-3H3/t15-,18+/m0/s1. The molecule has 0 unspecified atom stereocenters. The van der Waals surface area contributed by atoms with E-state index < -0.39 is 0 Å². The quantitative estimate of drug-likeness (QED) is 0.892. The van der Waals surface area contributed by atoms with Gasteiger partial charge in [-0.15, -0.1) is 0 Å². The van der Waals surface area contributed by atoms with Crippen molar-refractivity contribution in [2.45, 2.75) is 45.7 Å². The number of para-hydroxylation sites is 1. The Bertz CT molecular complexity index is 693. The molecular weight excluding hydrogens is 284 g/mol. The second kappa shape index (κ2) is 6.45. The summed E-state index contributed by atoms with van der Waals surface area (Å²) in [5.74, 6) is 0.193. The van der Waals surface area contributed by atoms with Gasteiger partial charge in [0.1, 0.15) is 0 Å². The highest BCUT2D eigenvalue weighted by Gasteiger charge is 2.32. The number of benzene rings is 2. The van der Waals surface area contributed by atoms with Gasteiger partial charge < -0.3 is 10.2 Å². The van der Waals surface area contributed by atoms with Crippen LogP contribution < -0.4 is 10.2 Å². The first kappa shape index (κ1) is 15.6. The maximum Gasteiger partial charge on any atom is 0.226 e. The van der Waals surface area contributed by atoms with Crippen LogP contribution >= 0.6 is 0 Å². The summed E-state index contributed by atoms with van der Waals surface area (Å²) in [5.41, 5.74) is 4.63. The minimum Gasteiger partial charge on any atom is -0.378 e. The summed E-state index contributed by atoms with van der Waals surface area (Å²) in [6.07, 6.45) is 1.45. The molecule has 3 nitrogen and oxygen atoms in total. The number of carbonyl (C=O) groups excluding carboxylic acids is 1. The number of hydrogen-bond acceptors (Lipinski definition) is 2. The van der Waals surface area contributed by atoms with Crippen LogP contribution in [0.25, 0.3) is 0 Å². The molecule has 0 radical (unpaired) electrons. The number of nitrogens with zero attached hydrogens (tertiary/aromatic N) is 1. The number of hydrogen-bond donors (Lipinski definition) is 1. The lowest BCUT2D eigenvalue weighted by atomic mass is 9.91. The molecule has 23 heavy (non-hydrogen) atoms. The maximum atomic E-state index is 12.3. The van der Waals surface area contributed by atoms with Gasteiger partial charge in [0.15, 0.2) is 0 Å². The minimum absolute atomic E-state index is 0.193. The summed E-state index contributed by atoms with van der Waals surface area (Å²) < 4.78 is 0. The van der Waals surface area contributed by atoms with Gasteiger partial charge in [-0.05, 0) is 44.0 Å². The first-order chi connectivity index (χ1) is 11.1. The molecule has 1 aliphatic rings. The summed E-state index contributed by atoms with van der Waals surface area (Å²) in [7, 11) is 0. The summed E-state index contributed by atoms with van der Waals surface area (Å²) >= 11 is 0. The Hall–Kier alpha value is -2.29. The number of anilines is 2. The zero-order valence-electron chi connectivity index (χ0n) is 14.0. The number of carbonyl (C=O) groups is 1. The third kappa shape index (κ3) is 3.09. The first-order valence-electron chi connectivity index (χ1n) is 8.34. The van der Waals surface area contributed by atoms with Crippen LogP contribution in [0.2, 0.25) is 0 Å². The summed E-state index contributed by atoms with van der Waals surface area (Å²) in [6.45, 7) is 6.15. The fraction of sp³-hybridized carbons (Fsp3) is 0.350. The number of aryl methyl sites for hydroxylation is 1. The second-order valence-corrected chi connectivity index (χ2v) is 6.32. The molecule has 0 spiro atoms. The molecule has 0 bridgehead atoms. The molecule has 1 heterocycles. The van der Waals surface area contributed by atoms with E-state index in [2.05, 4.69) is 55.6 Å². The van der Waals surface area contributed by atoms with Gasteiger partial charge in [0.2, 0.25) is 5.91 Å². The summed E-state index contributed by atoms with van der Waals surface area (Å²) in [5, 5.41) is 3.63. The molecule has 3 heteroatoms. The van der Waals surface area contributed by atoms with Crippen molar-refractivity contribution in [2.75, 3.05) is 10.2 Å². The Morgan fingerprint density at radius 3 is 2.57 bits per heavy atom. The molecule has 0 fully saturated rings. The van der Waals surface area contributed by atoms with Crippen LogP contribution in [0.1, 0.15) is 43.9 Å². The van der Waals surface area contributed by atoms with Crippen molar-refractivity contribution in [3.63, 3.8) is 0 Å². The molecule has 0 saturated heterocycles. The molecule has 2 aromatic carbocycles. The molecular formula is C20H24N2O. The molecule has 1 N–H and O–H groups in total. The van der Waals surface area contributed by atoms with E-state index >= 15 is 0 Å². The molecule has 0 saturated carbocycles. The second-order valence-electron chi connectivity index (χ2n) is 6.32. The van der Waals surface area contributed by atoms with E-state index in [1.54, 1.807) is 0 Å². The van der Waals surface area contributed by atoms with E-state index in [1.807, 2.05) is 24.0 Å². The zero-order chi connectivity index (χ0) is 16.4. The van der Waals surface area contributed by atoms with E-state index in [-0.39, 0.29) is 18.0 Å². The highest BCUT2D eigenvalue weighted by molar-refractivity contribution is 5.95. The number of nitrogens with one attached hydrogen (secondary N) is 1. The van der Waals surface area contributed by atoms with Gasteiger partial charge in [0.25, 0.3) is 0 Å². The SMILES string of the molecule is CCC(=O)N1c2ccccc2[C@H](Nc2ccc(C)cc2)C[C@@H]1C. The minimum atomic E-state index is 0.193. The lowest BCUT2D eigenvalue weighted by Gasteiger charge is -2.40. The predicted molar refractivity (Wildman–Crippen MR) is 95.8 cm³/mol. The molecule has 120 valence electrons. The van der Waals surface area contributed by atoms with Gasteiger partial charge in [-0.25, -0.2) is 0 Å². The number of rotatable bonds is 3. The molecule has 0 aromatic heterocycles. The van der Waals surface area contributed by atoms with Crippen LogP contribution in [-0.2, 0) is 4.79 Å². The molecule has 1 amide bonds. The summed E-state index contributed by atoms with van der Waals surface area (Å²) in [6, 6.07) is 17.1. The normalized spacial score (nSPS) is 20.0. The Balaban J connectivity index is 1.93. The average molecular weight is 308 g/mol.